The standard InChI is InChI=1S/C21H30N2O4.C19H24N2O4.C19H28N2O3.C19H24N2O3.C13H13NO2.C12H11NO2.C11H9NO2/c1-16(24)23-8-3-4-17-15-20(25-2)18(14-19(17)23)5-9-22-10-6-21(7-11-22)26-12-13-27-21;1-13(22)21-7-3-4-14-11-18(25-2)15(10-17(14)21)12-19(24)20-8-5-16(23)6-9-20;2*1-22-18-14-15-3-2-7-20-17(15)13-16(18)4-8-21-9-5-19(6-10-21)23-11-12-24-19;1-15-7-5-11-8-12-10(4-3-6-14-12)9-13(11)16-2;1-15-12-8-9-3-2-5-13-11(9)7-10(12)4-6-14;1-14-11-6-8-3-2-4-12-10(8)5-9(11)7-13/h14-15H,3-13H2,1-2H3;10-11H,3-9,12H2,1-2H3;13-14,20H,2-12H2,1H3;2-3,7,13-14H,4-6,8-12H2,1H3;3-9H,1-2H3;2-3,5-8H,4H2,1H3;2-7H,1H3. The van der Waals surface area contributed by atoms with Crippen molar-refractivity contribution < 1.29 is 95.1 Å². The minimum absolute atomic E-state index is 0.00376. The van der Waals surface area contributed by atoms with Crippen LogP contribution in [0.5, 0.6) is 40.2 Å². The van der Waals surface area contributed by atoms with Gasteiger partial charge in [-0.25, -0.2) is 0 Å². The normalized spacial score (nSPS) is 17.6. The van der Waals surface area contributed by atoms with Gasteiger partial charge in [0.05, 0.1) is 137 Å². The van der Waals surface area contributed by atoms with E-state index >= 15 is 0 Å². The molecule has 14 heterocycles. The number of nitrogens with one attached hydrogen (secondary N) is 1. The van der Waals surface area contributed by atoms with Gasteiger partial charge in [-0.15, -0.1) is 0 Å². The molecule has 3 amide bonds. The van der Waals surface area contributed by atoms with Gasteiger partial charge in [-0.2, -0.15) is 0 Å². The zero-order valence-electron chi connectivity index (χ0n) is 85.5. The molecule has 3 spiro atoms. The summed E-state index contributed by atoms with van der Waals surface area (Å²) in [4.78, 5) is 99.1. The molecule has 31 heteroatoms. The van der Waals surface area contributed by atoms with E-state index in [1.165, 1.54) is 39.9 Å². The summed E-state index contributed by atoms with van der Waals surface area (Å²) in [6.45, 7) is 20.4. The summed E-state index contributed by atoms with van der Waals surface area (Å²) < 4.78 is 77.8. The predicted molar refractivity (Wildman–Crippen MR) is 559 cm³/mol. The molecule has 21 rings (SSSR count). The van der Waals surface area contributed by atoms with Crippen molar-refractivity contribution in [2.45, 2.75) is 153 Å². The smallest absolute Gasteiger partial charge is 0.227 e. The molecule has 10 aliphatic heterocycles. The van der Waals surface area contributed by atoms with Crippen molar-refractivity contribution in [1.29, 1.82) is 0 Å². The van der Waals surface area contributed by atoms with Crippen molar-refractivity contribution in [3.05, 3.63) is 220 Å². The van der Waals surface area contributed by atoms with Crippen molar-refractivity contribution in [3.8, 4) is 40.2 Å². The molecule has 31 nitrogen and oxygen atoms in total. The van der Waals surface area contributed by atoms with E-state index in [2.05, 4.69) is 82.4 Å². The van der Waals surface area contributed by atoms with Crippen molar-refractivity contribution in [2.75, 3.05) is 203 Å². The van der Waals surface area contributed by atoms with Crippen LogP contribution in [0.3, 0.4) is 0 Å². The van der Waals surface area contributed by atoms with E-state index < -0.39 is 0 Å². The van der Waals surface area contributed by atoms with Gasteiger partial charge in [0.2, 0.25) is 17.7 Å². The topological polar surface area (TPSA) is 315 Å². The van der Waals surface area contributed by atoms with Crippen molar-refractivity contribution in [3.63, 3.8) is 0 Å². The molecule has 770 valence electrons. The van der Waals surface area contributed by atoms with E-state index in [-0.39, 0.29) is 47.3 Å². The third-order valence-corrected chi connectivity index (χ3v) is 28.5. The number of benzene rings is 7. The summed E-state index contributed by atoms with van der Waals surface area (Å²) >= 11 is 0. The molecule has 0 bridgehead atoms. The number of hydrogen-bond donors (Lipinski definition) is 1. The number of piperidine rings is 4. The predicted octanol–water partition coefficient (Wildman–Crippen LogP) is 16.1. The van der Waals surface area contributed by atoms with Gasteiger partial charge in [0.25, 0.3) is 0 Å². The molecular weight excluding hydrogens is 1840 g/mol. The molecule has 0 atom stereocenters. The van der Waals surface area contributed by atoms with Crippen LogP contribution in [0.1, 0.15) is 145 Å². The Bertz CT molecular complexity index is 6260. The largest absolute Gasteiger partial charge is 0.504 e. The van der Waals surface area contributed by atoms with Crippen LogP contribution < -0.4 is 48.3 Å². The number of carbonyl (C=O) groups excluding carboxylic acids is 6. The average Bonchev–Trinajstić information content (AvgIpc) is 1.65. The molecule has 0 saturated carbocycles. The number of aldehydes is 2. The number of amides is 3. The lowest BCUT2D eigenvalue weighted by atomic mass is 9.97. The van der Waals surface area contributed by atoms with Crippen LogP contribution in [-0.2, 0) is 108 Å². The maximum atomic E-state index is 12.6. The molecule has 7 fully saturated rings. The van der Waals surface area contributed by atoms with Crippen LogP contribution in [0.2, 0.25) is 0 Å². The number of nitrogens with zero attached hydrogens (tertiary/aromatic N) is 10. The molecule has 1 N–H and O–H groups in total. The summed E-state index contributed by atoms with van der Waals surface area (Å²) in [5.41, 5.74) is 17.4. The first kappa shape index (κ1) is 106. The van der Waals surface area contributed by atoms with Gasteiger partial charge in [0, 0.05) is 243 Å². The highest BCUT2D eigenvalue weighted by Crippen LogP contribution is 2.41. The minimum atomic E-state index is -0.317. The van der Waals surface area contributed by atoms with Gasteiger partial charge < -0.3 is 106 Å². The zero-order chi connectivity index (χ0) is 102. The number of hydrogen-bond acceptors (Lipinski definition) is 28. The Morgan fingerprint density at radius 1 is 0.393 bits per heavy atom. The number of ketones is 1. The maximum absolute atomic E-state index is 12.6. The number of aromatic nitrogens is 4. The number of methoxy groups -OCH3 is 8. The Kier molecular flexibility index (Phi) is 38.0. The highest BCUT2D eigenvalue weighted by atomic mass is 16.7. The van der Waals surface area contributed by atoms with E-state index in [1.807, 2.05) is 102 Å². The fourth-order valence-corrected chi connectivity index (χ4v) is 20.5. The first-order chi connectivity index (χ1) is 70.7. The van der Waals surface area contributed by atoms with E-state index in [0.717, 1.165) is 320 Å². The number of fused-ring (bicyclic) bond motifs is 7. The van der Waals surface area contributed by atoms with Gasteiger partial charge in [-0.3, -0.25) is 43.9 Å². The Morgan fingerprint density at radius 2 is 0.752 bits per heavy atom. The summed E-state index contributed by atoms with van der Waals surface area (Å²) in [5.74, 6) is 5.20. The highest BCUT2D eigenvalue weighted by Gasteiger charge is 2.43. The second kappa shape index (κ2) is 51.8. The van der Waals surface area contributed by atoms with Crippen LogP contribution >= 0.6 is 0 Å². The lowest BCUT2D eigenvalue weighted by Crippen LogP contribution is -2.45. The maximum Gasteiger partial charge on any atom is 0.227 e. The molecular formula is C114H139N11O20. The van der Waals surface area contributed by atoms with Crippen LogP contribution in [0.4, 0.5) is 17.1 Å². The average molecular weight is 1980 g/mol. The number of likely N-dealkylation sites (tertiary alicyclic amines) is 4. The molecule has 11 aromatic rings. The monoisotopic (exact) mass is 1980 g/mol. The molecule has 145 heavy (non-hydrogen) atoms. The van der Waals surface area contributed by atoms with E-state index in [1.54, 1.807) is 111 Å². The third-order valence-electron chi connectivity index (χ3n) is 28.5. The first-order valence-electron chi connectivity index (χ1n) is 50.7. The zero-order valence-corrected chi connectivity index (χ0v) is 85.5. The second-order valence-corrected chi connectivity index (χ2v) is 37.5. The summed E-state index contributed by atoms with van der Waals surface area (Å²) in [6, 6.07) is 43.8. The first-order valence-corrected chi connectivity index (χ1v) is 50.7. The number of aryl methyl sites for hydroxylation is 3. The number of pyridine rings is 4. The van der Waals surface area contributed by atoms with Crippen molar-refractivity contribution >= 4 is 103 Å². The molecule has 10 aliphatic rings. The number of ether oxygens (including phenoxy) is 14. The quantitative estimate of drug-likeness (QED) is 0.0459. The molecule has 7 aromatic carbocycles. The van der Waals surface area contributed by atoms with Crippen molar-refractivity contribution in [1.82, 2.24) is 39.5 Å². The van der Waals surface area contributed by atoms with E-state index in [9.17, 15) is 28.8 Å². The van der Waals surface area contributed by atoms with Crippen LogP contribution in [0.15, 0.2) is 165 Å². The fourth-order valence-electron chi connectivity index (χ4n) is 20.5. The molecule has 0 unspecified atom stereocenters. The SMILES string of the molecule is COC=Cc1cc2ncccc2cc1OC.COc1cc2c(cc1CC(=O)N1CCC(=O)CC1)N(C(C)=O)CCC2.COc1cc2c(cc1CCN1CCC3(CC1)OCCO3)N(C(C)=O)CCC2.COc1cc2c(cc1CCN1CCC3(CC1)OCCO3)NCCC2.COc1cc2cccnc2cc1C=O.COc1cc2cccnc2cc1CC=O.COc1cc2cccnc2cc1CCN1CCC2(CC1)OCCO2. The van der Waals surface area contributed by atoms with Crippen molar-refractivity contribution in [2.24, 2.45) is 0 Å². The summed E-state index contributed by atoms with van der Waals surface area (Å²) in [7, 11) is 13.3. The second-order valence-electron chi connectivity index (χ2n) is 37.5. The molecule has 0 aliphatic carbocycles. The number of carbonyl (C=O) groups is 6. The summed E-state index contributed by atoms with van der Waals surface area (Å²) in [5, 5.41) is 7.69. The van der Waals surface area contributed by atoms with Crippen LogP contribution in [-0.4, -0.2) is 281 Å². The van der Waals surface area contributed by atoms with Crippen LogP contribution in [0.25, 0.3) is 49.7 Å². The molecule has 7 saturated heterocycles. The third kappa shape index (κ3) is 27.7. The lowest BCUT2D eigenvalue weighted by molar-refractivity contribution is -0.185. The van der Waals surface area contributed by atoms with Gasteiger partial charge in [0.15, 0.2) is 23.6 Å². The Labute approximate surface area is 849 Å². The van der Waals surface area contributed by atoms with E-state index in [0.29, 0.717) is 56.0 Å². The number of anilines is 3. The molecule has 4 aromatic heterocycles. The minimum Gasteiger partial charge on any atom is -0.504 e. The number of Topliss-reactive ketones (excluding diaryl/α,β-unsaturated/α-hetero) is 1. The Hall–Kier alpha value is -12.8. The van der Waals surface area contributed by atoms with Gasteiger partial charge in [0.1, 0.15) is 52.3 Å². The lowest BCUT2D eigenvalue weighted by Gasteiger charge is -2.37. The Morgan fingerprint density at radius 3 is 1.17 bits per heavy atom. The highest BCUT2D eigenvalue weighted by molar-refractivity contribution is 5.95. The fraction of sp³-hybridized carbons (Fsp3) is 0.456. The van der Waals surface area contributed by atoms with Gasteiger partial charge >= 0.3 is 0 Å². The van der Waals surface area contributed by atoms with Crippen LogP contribution in [0, 0.1) is 0 Å². The summed E-state index contributed by atoms with van der Waals surface area (Å²) in [6.07, 6.45) is 28.5. The Balaban J connectivity index is 0.000000129. The number of rotatable bonds is 23. The van der Waals surface area contributed by atoms with E-state index in [4.69, 9.17) is 66.3 Å². The van der Waals surface area contributed by atoms with Gasteiger partial charge in [-0.05, 0) is 206 Å². The molecule has 0 radical (unpaired) electrons. The van der Waals surface area contributed by atoms with Gasteiger partial charge in [-0.1, -0.05) is 24.3 Å².